The molecule has 0 spiro atoms. The van der Waals surface area contributed by atoms with Crippen molar-refractivity contribution in [1.82, 2.24) is 5.32 Å². The fraction of sp³-hybridized carbons (Fsp3) is 0.500. The maximum atomic E-state index is 12.2. The van der Waals surface area contributed by atoms with Crippen molar-refractivity contribution < 1.29 is 9.53 Å². The molecule has 0 radical (unpaired) electrons. The van der Waals surface area contributed by atoms with Gasteiger partial charge in [0.05, 0.1) is 13.2 Å². The number of rotatable bonds is 3. The molecule has 2 N–H and O–H groups in total. The average Bonchev–Trinajstić information content (AvgIpc) is 2.38. The zero-order valence-electron chi connectivity index (χ0n) is 11.2. The normalized spacial score (nSPS) is 22.9. The Kier molecular flexibility index (Phi) is 4.82. The van der Waals surface area contributed by atoms with Crippen LogP contribution >= 0.6 is 15.9 Å². The zero-order valence-corrected chi connectivity index (χ0v) is 12.8. The molecule has 1 fully saturated rings. The van der Waals surface area contributed by atoms with E-state index in [2.05, 4.69) is 33.5 Å². The molecule has 1 saturated heterocycles. The summed E-state index contributed by atoms with van der Waals surface area (Å²) >= 11 is 3.40. The van der Waals surface area contributed by atoms with Crippen molar-refractivity contribution in [2.45, 2.75) is 25.8 Å². The minimum absolute atomic E-state index is 0.0201. The van der Waals surface area contributed by atoms with Crippen molar-refractivity contribution in [3.63, 3.8) is 0 Å². The molecular formula is C14H19BrN2O2. The molecule has 1 amide bonds. The predicted molar refractivity (Wildman–Crippen MR) is 79.5 cm³/mol. The van der Waals surface area contributed by atoms with Crippen LogP contribution in [-0.2, 0) is 4.79 Å². The van der Waals surface area contributed by atoms with Crippen molar-refractivity contribution >= 4 is 27.5 Å². The van der Waals surface area contributed by atoms with Crippen molar-refractivity contribution in [2.75, 3.05) is 19.0 Å². The number of nitrogens with one attached hydrogen (secondary N) is 2. The Morgan fingerprint density at radius 1 is 1.47 bits per heavy atom. The molecule has 2 atom stereocenters. The number of piperidine rings is 1. The highest BCUT2D eigenvalue weighted by Gasteiger charge is 2.24. The third kappa shape index (κ3) is 3.94. The largest absolute Gasteiger partial charge is 0.497 e. The first-order valence-corrected chi connectivity index (χ1v) is 7.26. The Hall–Kier alpha value is -1.07. The summed E-state index contributed by atoms with van der Waals surface area (Å²) in [7, 11) is 1.61. The smallest absolute Gasteiger partial charge is 0.241 e. The first kappa shape index (κ1) is 14.3. The van der Waals surface area contributed by atoms with E-state index in [4.69, 9.17) is 4.74 Å². The van der Waals surface area contributed by atoms with E-state index in [9.17, 15) is 4.79 Å². The van der Waals surface area contributed by atoms with Crippen molar-refractivity contribution in [1.29, 1.82) is 0 Å². The molecule has 0 aromatic heterocycles. The van der Waals surface area contributed by atoms with Crippen LogP contribution in [0, 0.1) is 5.92 Å². The van der Waals surface area contributed by atoms with Crippen LogP contribution in [0.1, 0.15) is 19.8 Å². The molecule has 0 saturated carbocycles. The van der Waals surface area contributed by atoms with Crippen LogP contribution < -0.4 is 15.4 Å². The summed E-state index contributed by atoms with van der Waals surface area (Å²) in [5.41, 5.74) is 0.747. The second-order valence-electron chi connectivity index (χ2n) is 5.01. The first-order chi connectivity index (χ1) is 9.08. The fourth-order valence-electron chi connectivity index (χ4n) is 2.29. The molecule has 2 unspecified atom stereocenters. The van der Waals surface area contributed by atoms with Gasteiger partial charge < -0.3 is 15.4 Å². The van der Waals surface area contributed by atoms with Gasteiger partial charge in [-0.05, 0) is 37.4 Å². The van der Waals surface area contributed by atoms with Crippen molar-refractivity contribution in [3.05, 3.63) is 22.7 Å². The van der Waals surface area contributed by atoms with Gasteiger partial charge >= 0.3 is 0 Å². The van der Waals surface area contributed by atoms with E-state index >= 15 is 0 Å². The van der Waals surface area contributed by atoms with E-state index < -0.39 is 0 Å². The minimum atomic E-state index is -0.103. The molecule has 5 heteroatoms. The summed E-state index contributed by atoms with van der Waals surface area (Å²) in [6, 6.07) is 5.44. The summed E-state index contributed by atoms with van der Waals surface area (Å²) in [6.07, 6.45) is 2.02. The van der Waals surface area contributed by atoms with E-state index in [0.29, 0.717) is 5.92 Å². The highest BCUT2D eigenvalue weighted by molar-refractivity contribution is 9.10. The average molecular weight is 327 g/mol. The second-order valence-corrected chi connectivity index (χ2v) is 5.92. The lowest BCUT2D eigenvalue weighted by Gasteiger charge is -2.27. The Morgan fingerprint density at radius 3 is 2.95 bits per heavy atom. The number of benzene rings is 1. The predicted octanol–water partition coefficient (Wildman–Crippen LogP) is 2.78. The number of carbonyl (C=O) groups is 1. The van der Waals surface area contributed by atoms with Gasteiger partial charge in [0.1, 0.15) is 5.75 Å². The van der Waals surface area contributed by atoms with Gasteiger partial charge in [-0.1, -0.05) is 22.9 Å². The van der Waals surface area contributed by atoms with Crippen LogP contribution in [0.4, 0.5) is 5.69 Å². The zero-order chi connectivity index (χ0) is 13.8. The second kappa shape index (κ2) is 6.39. The Bertz CT molecular complexity index is 465. The third-order valence-corrected chi connectivity index (χ3v) is 3.81. The summed E-state index contributed by atoms with van der Waals surface area (Å²) in [6.45, 7) is 3.09. The molecule has 1 aromatic rings. The lowest BCUT2D eigenvalue weighted by Crippen LogP contribution is -2.45. The van der Waals surface area contributed by atoms with Gasteiger partial charge in [-0.25, -0.2) is 0 Å². The summed E-state index contributed by atoms with van der Waals surface area (Å²) < 4.78 is 6.06. The maximum Gasteiger partial charge on any atom is 0.241 e. The highest BCUT2D eigenvalue weighted by atomic mass is 79.9. The summed E-state index contributed by atoms with van der Waals surface area (Å²) in [5.74, 6) is 1.33. The fourth-order valence-corrected chi connectivity index (χ4v) is 2.76. The number of hydrogen-bond donors (Lipinski definition) is 2. The van der Waals surface area contributed by atoms with Crippen LogP contribution in [0.2, 0.25) is 0 Å². The van der Waals surface area contributed by atoms with Gasteiger partial charge in [-0.15, -0.1) is 0 Å². The minimum Gasteiger partial charge on any atom is -0.497 e. The van der Waals surface area contributed by atoms with E-state index in [1.165, 1.54) is 0 Å². The number of ether oxygens (including phenoxy) is 1. The Balaban J connectivity index is 2.03. The monoisotopic (exact) mass is 326 g/mol. The number of amides is 1. The standard InChI is InChI=1S/C14H19BrN2O2/c1-9-3-4-16-13(5-9)14(18)17-11-6-10(15)7-12(8-11)19-2/h6-9,13,16H,3-5H2,1-2H3,(H,17,18). The molecule has 1 aromatic carbocycles. The maximum absolute atomic E-state index is 12.2. The van der Waals surface area contributed by atoms with E-state index in [-0.39, 0.29) is 11.9 Å². The summed E-state index contributed by atoms with van der Waals surface area (Å²) in [4.78, 5) is 12.2. The molecule has 1 aliphatic heterocycles. The van der Waals surface area contributed by atoms with Crippen molar-refractivity contribution in [2.24, 2.45) is 5.92 Å². The third-order valence-electron chi connectivity index (χ3n) is 3.36. The van der Waals surface area contributed by atoms with E-state index in [1.54, 1.807) is 7.11 Å². The van der Waals surface area contributed by atoms with Gasteiger partial charge in [-0.2, -0.15) is 0 Å². The molecule has 104 valence electrons. The molecule has 1 aliphatic rings. The molecule has 0 aliphatic carbocycles. The van der Waals surface area contributed by atoms with Crippen LogP contribution in [0.5, 0.6) is 5.75 Å². The number of hydrogen-bond acceptors (Lipinski definition) is 3. The van der Waals surface area contributed by atoms with Gasteiger partial charge in [0.15, 0.2) is 0 Å². The van der Waals surface area contributed by atoms with Crippen LogP contribution in [0.3, 0.4) is 0 Å². The molecule has 0 bridgehead atoms. The number of halogens is 1. The van der Waals surface area contributed by atoms with Gasteiger partial charge in [0.25, 0.3) is 0 Å². The topological polar surface area (TPSA) is 50.4 Å². The Morgan fingerprint density at radius 2 is 2.26 bits per heavy atom. The van der Waals surface area contributed by atoms with E-state index in [0.717, 1.165) is 35.3 Å². The van der Waals surface area contributed by atoms with E-state index in [1.807, 2.05) is 18.2 Å². The molecule has 19 heavy (non-hydrogen) atoms. The van der Waals surface area contributed by atoms with Crippen LogP contribution in [0.15, 0.2) is 22.7 Å². The number of anilines is 1. The Labute approximate surface area is 122 Å². The van der Waals surface area contributed by atoms with Gasteiger partial charge in [-0.3, -0.25) is 4.79 Å². The molecule has 2 rings (SSSR count). The lowest BCUT2D eigenvalue weighted by atomic mass is 9.94. The van der Waals surface area contributed by atoms with Crippen molar-refractivity contribution in [3.8, 4) is 5.75 Å². The molecule has 4 nitrogen and oxygen atoms in total. The van der Waals surface area contributed by atoms with Crippen LogP contribution in [0.25, 0.3) is 0 Å². The van der Waals surface area contributed by atoms with Gasteiger partial charge in [0.2, 0.25) is 5.91 Å². The van der Waals surface area contributed by atoms with Crippen LogP contribution in [-0.4, -0.2) is 25.6 Å². The quantitative estimate of drug-likeness (QED) is 0.898. The molecule has 1 heterocycles. The first-order valence-electron chi connectivity index (χ1n) is 6.47. The summed E-state index contributed by atoms with van der Waals surface area (Å²) in [5, 5.41) is 6.19. The number of methoxy groups -OCH3 is 1. The highest BCUT2D eigenvalue weighted by Crippen LogP contribution is 2.25. The number of carbonyl (C=O) groups excluding carboxylic acids is 1. The van der Waals surface area contributed by atoms with Gasteiger partial charge in [0, 0.05) is 16.2 Å². The lowest BCUT2D eigenvalue weighted by molar-refractivity contribution is -0.119. The SMILES string of the molecule is COc1cc(Br)cc(NC(=O)C2CC(C)CCN2)c1. The molecular weight excluding hydrogens is 308 g/mol.